The predicted molar refractivity (Wildman–Crippen MR) is 88.7 cm³/mol. The number of anilines is 1. The van der Waals surface area contributed by atoms with Crippen molar-refractivity contribution in [3.8, 4) is 0 Å². The van der Waals surface area contributed by atoms with Crippen LogP contribution in [0.5, 0.6) is 0 Å². The van der Waals surface area contributed by atoms with Crippen LogP contribution in [0.3, 0.4) is 0 Å². The minimum absolute atomic E-state index is 0.173. The lowest BCUT2D eigenvalue weighted by Crippen LogP contribution is -2.42. The molecule has 2 heterocycles. The summed E-state index contributed by atoms with van der Waals surface area (Å²) in [5.41, 5.74) is 0. The number of carbonyl (C=O) groups is 1. The third-order valence-electron chi connectivity index (χ3n) is 4.37. The van der Waals surface area contributed by atoms with Gasteiger partial charge in [0.25, 0.3) is 0 Å². The van der Waals surface area contributed by atoms with Gasteiger partial charge in [0.2, 0.25) is 5.91 Å². The Balaban J connectivity index is 1.51. The molecule has 1 aliphatic heterocycles. The third-order valence-corrected chi connectivity index (χ3v) is 4.57. The highest BCUT2D eigenvalue weighted by molar-refractivity contribution is 6.29. The summed E-state index contributed by atoms with van der Waals surface area (Å²) in [7, 11) is 1.62. The van der Waals surface area contributed by atoms with Crippen molar-refractivity contribution < 1.29 is 9.53 Å². The standard InChI is InChI=1S/C16H23ClN4O2/c1-23-9-6-15(22)21-7-4-12(5-8-21)18-14-10-13(17)19-16(20-14)11-2-3-11/h10-12H,2-9H2,1H3,(H,18,19,20). The highest BCUT2D eigenvalue weighted by atomic mass is 35.5. The summed E-state index contributed by atoms with van der Waals surface area (Å²) in [4.78, 5) is 22.8. The molecule has 6 nitrogen and oxygen atoms in total. The lowest BCUT2D eigenvalue weighted by molar-refractivity contribution is -0.133. The number of hydrogen-bond donors (Lipinski definition) is 1. The molecule has 3 rings (SSSR count). The molecule has 0 bridgehead atoms. The SMILES string of the molecule is COCCC(=O)N1CCC(Nc2cc(Cl)nc(C3CC3)n2)CC1. The third kappa shape index (κ3) is 4.54. The van der Waals surface area contributed by atoms with Crippen LogP contribution < -0.4 is 5.32 Å². The lowest BCUT2D eigenvalue weighted by atomic mass is 10.0. The average Bonchev–Trinajstić information content (AvgIpc) is 3.37. The predicted octanol–water partition coefficient (Wildman–Crippen LogP) is 2.45. The summed E-state index contributed by atoms with van der Waals surface area (Å²) < 4.78 is 4.96. The van der Waals surface area contributed by atoms with E-state index in [1.165, 1.54) is 0 Å². The molecule has 0 radical (unpaired) electrons. The van der Waals surface area contributed by atoms with Crippen LogP contribution in [-0.4, -0.2) is 53.6 Å². The maximum atomic E-state index is 12.0. The van der Waals surface area contributed by atoms with Crippen molar-refractivity contribution in [3.63, 3.8) is 0 Å². The Kier molecular flexibility index (Phi) is 5.33. The van der Waals surface area contributed by atoms with Gasteiger partial charge >= 0.3 is 0 Å². The molecule has 126 valence electrons. The molecule has 0 atom stereocenters. The number of nitrogens with zero attached hydrogens (tertiary/aromatic N) is 3. The number of aromatic nitrogens is 2. The van der Waals surface area contributed by atoms with Crippen molar-refractivity contribution in [1.82, 2.24) is 14.9 Å². The molecular formula is C16H23ClN4O2. The van der Waals surface area contributed by atoms with Crippen molar-refractivity contribution in [1.29, 1.82) is 0 Å². The number of rotatable bonds is 6. The molecule has 0 aromatic carbocycles. The maximum absolute atomic E-state index is 12.0. The number of carbonyl (C=O) groups excluding carboxylic acids is 1. The van der Waals surface area contributed by atoms with E-state index < -0.39 is 0 Å². The molecule has 1 aromatic rings. The highest BCUT2D eigenvalue weighted by Crippen LogP contribution is 2.38. The number of amides is 1. The largest absolute Gasteiger partial charge is 0.384 e. The van der Waals surface area contributed by atoms with E-state index in [4.69, 9.17) is 16.3 Å². The Morgan fingerprint density at radius 3 is 2.74 bits per heavy atom. The first-order chi connectivity index (χ1) is 11.2. The number of piperidine rings is 1. The van der Waals surface area contributed by atoms with E-state index in [1.807, 2.05) is 4.90 Å². The van der Waals surface area contributed by atoms with Gasteiger partial charge in [0.15, 0.2) is 0 Å². The van der Waals surface area contributed by atoms with E-state index in [2.05, 4.69) is 15.3 Å². The van der Waals surface area contributed by atoms with Gasteiger partial charge in [-0.1, -0.05) is 11.6 Å². The summed E-state index contributed by atoms with van der Waals surface area (Å²) in [6.45, 7) is 2.03. The molecule has 1 N–H and O–H groups in total. The zero-order valence-electron chi connectivity index (χ0n) is 13.4. The molecule has 1 aliphatic carbocycles. The molecule has 7 heteroatoms. The van der Waals surface area contributed by atoms with E-state index >= 15 is 0 Å². The fourth-order valence-corrected chi connectivity index (χ4v) is 3.05. The molecule has 2 aliphatic rings. The monoisotopic (exact) mass is 338 g/mol. The normalized spacial score (nSPS) is 19.0. The molecule has 0 spiro atoms. The number of ether oxygens (including phenoxy) is 1. The Hall–Kier alpha value is -1.40. The Labute approximate surface area is 141 Å². The van der Waals surface area contributed by atoms with E-state index in [1.54, 1.807) is 13.2 Å². The van der Waals surface area contributed by atoms with Gasteiger partial charge < -0.3 is 15.0 Å². The molecule has 1 amide bonds. The van der Waals surface area contributed by atoms with Gasteiger partial charge in [-0.3, -0.25) is 4.79 Å². The Bertz CT molecular complexity index is 557. The molecule has 23 heavy (non-hydrogen) atoms. The van der Waals surface area contributed by atoms with E-state index in [9.17, 15) is 4.79 Å². The van der Waals surface area contributed by atoms with Gasteiger partial charge in [-0.05, 0) is 25.7 Å². The van der Waals surface area contributed by atoms with Gasteiger partial charge in [0, 0.05) is 38.2 Å². The molecule has 2 fully saturated rings. The van der Waals surface area contributed by atoms with Crippen LogP contribution in [0.1, 0.15) is 43.8 Å². The van der Waals surface area contributed by atoms with Crippen molar-refractivity contribution >= 4 is 23.3 Å². The first-order valence-corrected chi connectivity index (χ1v) is 8.61. The van der Waals surface area contributed by atoms with Crippen LogP contribution in [0, 0.1) is 0 Å². The molecule has 0 unspecified atom stereocenters. The highest BCUT2D eigenvalue weighted by Gasteiger charge is 2.28. The topological polar surface area (TPSA) is 67.3 Å². The smallest absolute Gasteiger partial charge is 0.224 e. The summed E-state index contributed by atoms with van der Waals surface area (Å²) >= 11 is 6.10. The van der Waals surface area contributed by atoms with Crippen molar-refractivity contribution in [3.05, 3.63) is 17.0 Å². The second kappa shape index (κ2) is 7.45. The van der Waals surface area contributed by atoms with Crippen LogP contribution in [0.4, 0.5) is 5.82 Å². The quantitative estimate of drug-likeness (QED) is 0.807. The van der Waals surface area contributed by atoms with Crippen LogP contribution >= 0.6 is 11.6 Å². The van der Waals surface area contributed by atoms with Crippen molar-refractivity contribution in [2.24, 2.45) is 0 Å². The fraction of sp³-hybridized carbons (Fsp3) is 0.688. The Morgan fingerprint density at radius 1 is 1.35 bits per heavy atom. The Morgan fingerprint density at radius 2 is 2.09 bits per heavy atom. The number of hydrogen-bond acceptors (Lipinski definition) is 5. The first kappa shape index (κ1) is 16.5. The van der Waals surface area contributed by atoms with Gasteiger partial charge in [-0.15, -0.1) is 0 Å². The number of halogens is 1. The molecule has 1 saturated carbocycles. The molecular weight excluding hydrogens is 316 g/mol. The first-order valence-electron chi connectivity index (χ1n) is 8.23. The summed E-state index contributed by atoms with van der Waals surface area (Å²) in [6, 6.07) is 2.10. The van der Waals surface area contributed by atoms with Gasteiger partial charge in [-0.2, -0.15) is 0 Å². The summed E-state index contributed by atoms with van der Waals surface area (Å²) in [5.74, 6) is 2.31. The number of likely N-dealkylation sites (tertiary alicyclic amines) is 1. The van der Waals surface area contributed by atoms with Crippen LogP contribution in [0.25, 0.3) is 0 Å². The average molecular weight is 339 g/mol. The zero-order valence-corrected chi connectivity index (χ0v) is 14.2. The number of nitrogens with one attached hydrogen (secondary N) is 1. The lowest BCUT2D eigenvalue weighted by Gasteiger charge is -2.32. The van der Waals surface area contributed by atoms with E-state index in [0.717, 1.165) is 50.4 Å². The van der Waals surface area contributed by atoms with Crippen LogP contribution in [0.2, 0.25) is 5.15 Å². The summed E-state index contributed by atoms with van der Waals surface area (Å²) in [5, 5.41) is 3.95. The second-order valence-electron chi connectivity index (χ2n) is 6.25. The van der Waals surface area contributed by atoms with E-state index in [-0.39, 0.29) is 5.91 Å². The number of methoxy groups -OCH3 is 1. The second-order valence-corrected chi connectivity index (χ2v) is 6.64. The minimum atomic E-state index is 0.173. The minimum Gasteiger partial charge on any atom is -0.384 e. The van der Waals surface area contributed by atoms with Crippen molar-refractivity contribution in [2.75, 3.05) is 32.1 Å². The fourth-order valence-electron chi connectivity index (χ4n) is 2.86. The molecule has 1 saturated heterocycles. The maximum Gasteiger partial charge on any atom is 0.224 e. The van der Waals surface area contributed by atoms with Gasteiger partial charge in [0.05, 0.1) is 13.0 Å². The van der Waals surface area contributed by atoms with Crippen molar-refractivity contribution in [2.45, 2.75) is 44.1 Å². The van der Waals surface area contributed by atoms with Crippen LogP contribution in [0.15, 0.2) is 6.07 Å². The summed E-state index contributed by atoms with van der Waals surface area (Å²) in [6.07, 6.45) is 4.60. The van der Waals surface area contributed by atoms with Gasteiger partial charge in [-0.25, -0.2) is 9.97 Å². The van der Waals surface area contributed by atoms with E-state index in [0.29, 0.717) is 30.1 Å². The zero-order chi connectivity index (χ0) is 16.2. The molecule has 1 aromatic heterocycles. The van der Waals surface area contributed by atoms with Crippen LogP contribution in [-0.2, 0) is 9.53 Å². The van der Waals surface area contributed by atoms with Gasteiger partial charge in [0.1, 0.15) is 16.8 Å².